The lowest BCUT2D eigenvalue weighted by atomic mass is 10.3. The molecule has 1 amide bonds. The van der Waals surface area contributed by atoms with Crippen molar-refractivity contribution in [3.05, 3.63) is 33.3 Å². The number of hydrogen-bond acceptors (Lipinski definition) is 3. The molecule has 5 nitrogen and oxygen atoms in total. The molecule has 7 heteroatoms. The lowest BCUT2D eigenvalue weighted by molar-refractivity contribution is -0.384. The molecule has 0 fully saturated rings. The number of nitro groups is 1. The molecule has 1 N–H and O–H groups in total. The van der Waals surface area contributed by atoms with Gasteiger partial charge < -0.3 is 5.32 Å². The Morgan fingerprint density at radius 1 is 1.60 bits per heavy atom. The van der Waals surface area contributed by atoms with Gasteiger partial charge in [-0.3, -0.25) is 14.9 Å². The Labute approximate surface area is 98.7 Å². The highest BCUT2D eigenvalue weighted by molar-refractivity contribution is 9.09. The first kappa shape index (κ1) is 11.9. The Morgan fingerprint density at radius 3 is 2.80 bits per heavy atom. The highest BCUT2D eigenvalue weighted by atomic mass is 79.9. The van der Waals surface area contributed by atoms with E-state index in [0.717, 1.165) is 0 Å². The van der Waals surface area contributed by atoms with Crippen molar-refractivity contribution in [2.75, 3.05) is 10.6 Å². The number of benzene rings is 1. The van der Waals surface area contributed by atoms with Gasteiger partial charge in [0, 0.05) is 12.1 Å². The van der Waals surface area contributed by atoms with E-state index in [1.165, 1.54) is 18.2 Å². The molecular formula is C8H6BrClN2O3. The lowest BCUT2D eigenvalue weighted by Crippen LogP contribution is -2.12. The predicted molar refractivity (Wildman–Crippen MR) is 60.5 cm³/mol. The maximum Gasteiger partial charge on any atom is 0.271 e. The van der Waals surface area contributed by atoms with Crippen molar-refractivity contribution in [3.8, 4) is 0 Å². The van der Waals surface area contributed by atoms with Crippen LogP contribution in [0.2, 0.25) is 5.02 Å². The third-order valence-corrected chi connectivity index (χ3v) is 2.40. The van der Waals surface area contributed by atoms with Crippen molar-refractivity contribution in [2.45, 2.75) is 0 Å². The maximum absolute atomic E-state index is 11.0. The molecular weight excluding hydrogens is 287 g/mol. The molecule has 0 heterocycles. The average molecular weight is 294 g/mol. The Morgan fingerprint density at radius 2 is 2.27 bits per heavy atom. The van der Waals surface area contributed by atoms with Gasteiger partial charge in [0.25, 0.3) is 5.69 Å². The first-order chi connectivity index (χ1) is 7.04. The molecule has 1 rings (SSSR count). The number of hydrogen-bond donors (Lipinski definition) is 1. The Bertz CT molecular complexity index is 411. The van der Waals surface area contributed by atoms with E-state index in [1.54, 1.807) is 0 Å². The molecule has 0 aromatic heterocycles. The van der Waals surface area contributed by atoms with Gasteiger partial charge in [-0.1, -0.05) is 27.5 Å². The zero-order valence-electron chi connectivity index (χ0n) is 7.37. The third-order valence-electron chi connectivity index (χ3n) is 1.56. The van der Waals surface area contributed by atoms with Crippen LogP contribution >= 0.6 is 27.5 Å². The number of carbonyl (C=O) groups is 1. The van der Waals surface area contributed by atoms with E-state index in [0.29, 0.717) is 0 Å². The summed E-state index contributed by atoms with van der Waals surface area (Å²) in [4.78, 5) is 20.9. The molecule has 0 aliphatic heterocycles. The average Bonchev–Trinajstić information content (AvgIpc) is 2.20. The second-order valence-electron chi connectivity index (χ2n) is 2.60. The summed E-state index contributed by atoms with van der Waals surface area (Å²) in [7, 11) is 0. The fourth-order valence-electron chi connectivity index (χ4n) is 0.906. The number of anilines is 1. The second kappa shape index (κ2) is 5.09. The van der Waals surface area contributed by atoms with Gasteiger partial charge in [-0.25, -0.2) is 0 Å². The molecule has 0 bridgehead atoms. The fraction of sp³-hybridized carbons (Fsp3) is 0.125. The van der Waals surface area contributed by atoms with Crippen LogP contribution in [0.1, 0.15) is 0 Å². The Kier molecular flexibility index (Phi) is 4.05. The topological polar surface area (TPSA) is 72.2 Å². The summed E-state index contributed by atoms with van der Waals surface area (Å²) in [5, 5.41) is 13.3. The number of nitro benzene ring substituents is 1. The largest absolute Gasteiger partial charge is 0.324 e. The van der Waals surface area contributed by atoms with Gasteiger partial charge in [0.1, 0.15) is 0 Å². The van der Waals surface area contributed by atoms with Crippen molar-refractivity contribution >= 4 is 44.8 Å². The quantitative estimate of drug-likeness (QED) is 0.529. The third kappa shape index (κ3) is 3.17. The molecule has 1 aromatic rings. The molecule has 0 saturated carbocycles. The number of rotatable bonds is 3. The van der Waals surface area contributed by atoms with Gasteiger partial charge in [-0.2, -0.15) is 0 Å². The first-order valence-corrected chi connectivity index (χ1v) is 5.34. The molecule has 0 aliphatic carbocycles. The number of nitrogens with one attached hydrogen (secondary N) is 1. The van der Waals surface area contributed by atoms with Crippen molar-refractivity contribution in [2.24, 2.45) is 0 Å². The summed E-state index contributed by atoms with van der Waals surface area (Å²) < 4.78 is 0. The van der Waals surface area contributed by atoms with Crippen LogP contribution in [0.15, 0.2) is 18.2 Å². The minimum Gasteiger partial charge on any atom is -0.324 e. The van der Waals surface area contributed by atoms with Crippen LogP contribution in [-0.2, 0) is 4.79 Å². The van der Waals surface area contributed by atoms with Crippen molar-refractivity contribution in [1.82, 2.24) is 0 Å². The molecule has 0 spiro atoms. The molecule has 0 atom stereocenters. The number of halogens is 2. The van der Waals surface area contributed by atoms with E-state index in [2.05, 4.69) is 21.2 Å². The minimum atomic E-state index is -0.555. The van der Waals surface area contributed by atoms with Crippen LogP contribution in [-0.4, -0.2) is 16.2 Å². The molecule has 80 valence electrons. The smallest absolute Gasteiger partial charge is 0.271 e. The van der Waals surface area contributed by atoms with E-state index in [4.69, 9.17) is 11.6 Å². The van der Waals surface area contributed by atoms with Crippen LogP contribution in [0.5, 0.6) is 0 Å². The number of non-ortho nitro benzene ring substituents is 1. The summed E-state index contributed by atoms with van der Waals surface area (Å²) in [6, 6.07) is 3.85. The van der Waals surface area contributed by atoms with E-state index < -0.39 is 4.92 Å². The Balaban J connectivity index is 3.00. The number of alkyl halides is 1. The van der Waals surface area contributed by atoms with Crippen molar-refractivity contribution in [3.63, 3.8) is 0 Å². The summed E-state index contributed by atoms with van der Waals surface area (Å²) in [6.07, 6.45) is 0. The first-order valence-electron chi connectivity index (χ1n) is 3.84. The van der Waals surface area contributed by atoms with E-state index >= 15 is 0 Å². The van der Waals surface area contributed by atoms with Crippen LogP contribution in [0.3, 0.4) is 0 Å². The highest BCUT2D eigenvalue weighted by Gasteiger charge is 2.11. The number of carbonyl (C=O) groups excluding carboxylic acids is 1. The van der Waals surface area contributed by atoms with Gasteiger partial charge >= 0.3 is 0 Å². The van der Waals surface area contributed by atoms with Gasteiger partial charge in [-0.05, 0) is 6.07 Å². The zero-order chi connectivity index (χ0) is 11.4. The Hall–Kier alpha value is -1.14. The number of nitrogens with zero attached hydrogens (tertiary/aromatic N) is 1. The zero-order valence-corrected chi connectivity index (χ0v) is 9.71. The van der Waals surface area contributed by atoms with Crippen LogP contribution in [0.25, 0.3) is 0 Å². The molecule has 0 aliphatic rings. The maximum atomic E-state index is 11.0. The summed E-state index contributed by atoms with van der Waals surface area (Å²) in [6.45, 7) is 0. The van der Waals surface area contributed by atoms with E-state index in [-0.39, 0.29) is 27.6 Å². The second-order valence-corrected chi connectivity index (χ2v) is 3.57. The molecule has 1 aromatic carbocycles. The molecule has 0 saturated heterocycles. The fourth-order valence-corrected chi connectivity index (χ4v) is 1.21. The molecule has 15 heavy (non-hydrogen) atoms. The standard InChI is InChI=1S/C8H6BrClN2O3/c9-4-8(13)11-7-3-5(12(14)15)1-2-6(7)10/h1-3H,4H2,(H,11,13). The summed E-state index contributed by atoms with van der Waals surface area (Å²) in [5.41, 5.74) is 0.111. The highest BCUT2D eigenvalue weighted by Crippen LogP contribution is 2.26. The van der Waals surface area contributed by atoms with Gasteiger partial charge in [0.15, 0.2) is 0 Å². The minimum absolute atomic E-state index is 0.103. The molecule has 0 unspecified atom stereocenters. The van der Waals surface area contributed by atoms with Crippen molar-refractivity contribution in [1.29, 1.82) is 0 Å². The predicted octanol–water partition coefficient (Wildman–Crippen LogP) is 2.58. The summed E-state index contributed by atoms with van der Waals surface area (Å²) >= 11 is 8.70. The summed E-state index contributed by atoms with van der Waals surface area (Å²) in [5.74, 6) is -0.322. The van der Waals surface area contributed by atoms with E-state index in [1.807, 2.05) is 0 Å². The van der Waals surface area contributed by atoms with Crippen LogP contribution in [0, 0.1) is 10.1 Å². The van der Waals surface area contributed by atoms with Crippen molar-refractivity contribution < 1.29 is 9.72 Å². The van der Waals surface area contributed by atoms with Gasteiger partial charge in [-0.15, -0.1) is 0 Å². The normalized spacial score (nSPS) is 9.73. The van der Waals surface area contributed by atoms with Crippen LogP contribution < -0.4 is 5.32 Å². The SMILES string of the molecule is O=C(CBr)Nc1cc([N+](=O)[O-])ccc1Cl. The van der Waals surface area contributed by atoms with Gasteiger partial charge in [0.05, 0.1) is 21.0 Å². The van der Waals surface area contributed by atoms with E-state index in [9.17, 15) is 14.9 Å². The van der Waals surface area contributed by atoms with Gasteiger partial charge in [0.2, 0.25) is 5.91 Å². The lowest BCUT2D eigenvalue weighted by Gasteiger charge is -2.04. The monoisotopic (exact) mass is 292 g/mol. The molecule has 0 radical (unpaired) electrons. The van der Waals surface area contributed by atoms with Crippen LogP contribution in [0.4, 0.5) is 11.4 Å². The number of amides is 1.